The molecule has 1 saturated carbocycles. The van der Waals surface area contributed by atoms with Gasteiger partial charge in [-0.2, -0.15) is 0 Å². The third-order valence-electron chi connectivity index (χ3n) is 4.98. The second-order valence-corrected chi connectivity index (χ2v) is 7.39. The largest absolute Gasteiger partial charge is 0.481 e. The molecule has 3 heteroatoms. The van der Waals surface area contributed by atoms with Gasteiger partial charge in [0.05, 0.1) is 6.10 Å². The summed E-state index contributed by atoms with van der Waals surface area (Å²) >= 11 is 0. The van der Waals surface area contributed by atoms with Crippen LogP contribution in [0.5, 0.6) is 0 Å². The molecule has 3 atom stereocenters. The fourth-order valence-corrected chi connectivity index (χ4v) is 3.63. The quantitative estimate of drug-likeness (QED) is 0.366. The van der Waals surface area contributed by atoms with Gasteiger partial charge in [-0.1, -0.05) is 50.0 Å². The first-order chi connectivity index (χ1) is 11.5. The number of aliphatic carboxylic acids is 1. The highest BCUT2D eigenvalue weighted by Gasteiger charge is 2.30. The summed E-state index contributed by atoms with van der Waals surface area (Å²) in [6, 6.07) is 0. The second-order valence-electron chi connectivity index (χ2n) is 7.39. The van der Waals surface area contributed by atoms with Crippen molar-refractivity contribution in [2.45, 2.75) is 90.6 Å². The predicted octanol–water partition coefficient (Wildman–Crippen LogP) is 5.49. The number of aliphatic hydroxyl groups is 1. The highest BCUT2D eigenvalue weighted by molar-refractivity contribution is 5.66. The molecule has 0 amide bonds. The molecule has 0 aliphatic heterocycles. The highest BCUT2D eigenvalue weighted by atomic mass is 16.4. The third-order valence-corrected chi connectivity index (χ3v) is 4.98. The van der Waals surface area contributed by atoms with Crippen LogP contribution in [0.1, 0.15) is 84.5 Å². The van der Waals surface area contributed by atoms with Crippen LogP contribution in [0.25, 0.3) is 0 Å². The van der Waals surface area contributed by atoms with Crippen LogP contribution in [0.2, 0.25) is 0 Å². The monoisotopic (exact) mass is 336 g/mol. The Kier molecular flexibility index (Phi) is 10.7. The number of carboxylic acids is 1. The predicted molar refractivity (Wildman–Crippen MR) is 100.0 cm³/mol. The van der Waals surface area contributed by atoms with Gasteiger partial charge in [0.2, 0.25) is 0 Å². The Morgan fingerprint density at radius 2 is 1.92 bits per heavy atom. The summed E-state index contributed by atoms with van der Waals surface area (Å²) in [6.07, 6.45) is 17.6. The maximum absolute atomic E-state index is 10.5. The smallest absolute Gasteiger partial charge is 0.303 e. The van der Waals surface area contributed by atoms with E-state index in [0.29, 0.717) is 18.3 Å². The van der Waals surface area contributed by atoms with Crippen LogP contribution < -0.4 is 0 Å². The van der Waals surface area contributed by atoms with E-state index in [-0.39, 0.29) is 12.5 Å². The Balaban J connectivity index is 2.25. The van der Waals surface area contributed by atoms with Gasteiger partial charge in [0.25, 0.3) is 0 Å². The molecule has 0 aromatic rings. The van der Waals surface area contributed by atoms with Gasteiger partial charge in [0.15, 0.2) is 0 Å². The first-order valence-corrected chi connectivity index (χ1v) is 9.75. The number of carbonyl (C=O) groups is 1. The van der Waals surface area contributed by atoms with Crippen molar-refractivity contribution >= 4 is 5.97 Å². The van der Waals surface area contributed by atoms with E-state index >= 15 is 0 Å². The Hall–Kier alpha value is -1.09. The minimum atomic E-state index is -0.718. The third kappa shape index (κ3) is 9.27. The summed E-state index contributed by atoms with van der Waals surface area (Å²) in [7, 11) is 0. The van der Waals surface area contributed by atoms with Crippen molar-refractivity contribution in [3.05, 3.63) is 23.8 Å². The van der Waals surface area contributed by atoms with Gasteiger partial charge in [-0.25, -0.2) is 0 Å². The molecule has 1 aliphatic rings. The molecule has 1 fully saturated rings. The number of aliphatic hydroxyl groups excluding tert-OH is 1. The molecular formula is C21H36O3. The lowest BCUT2D eigenvalue weighted by molar-refractivity contribution is -0.137. The van der Waals surface area contributed by atoms with E-state index in [1.54, 1.807) is 0 Å². The van der Waals surface area contributed by atoms with Crippen LogP contribution in [0.4, 0.5) is 0 Å². The van der Waals surface area contributed by atoms with Gasteiger partial charge in [0, 0.05) is 12.3 Å². The number of unbranched alkanes of at least 4 members (excludes halogenated alkanes) is 5. The van der Waals surface area contributed by atoms with Crippen molar-refractivity contribution in [1.82, 2.24) is 0 Å². The van der Waals surface area contributed by atoms with Crippen LogP contribution in [-0.2, 0) is 4.79 Å². The van der Waals surface area contributed by atoms with E-state index in [9.17, 15) is 9.90 Å². The molecule has 1 rings (SSSR count). The van der Waals surface area contributed by atoms with Crippen LogP contribution in [0.3, 0.4) is 0 Å². The second kappa shape index (κ2) is 12.3. The van der Waals surface area contributed by atoms with Crippen LogP contribution in [0, 0.1) is 11.8 Å². The molecule has 0 heterocycles. The van der Waals surface area contributed by atoms with Crippen molar-refractivity contribution in [3.63, 3.8) is 0 Å². The molecule has 0 bridgehead atoms. The average Bonchev–Trinajstić information content (AvgIpc) is 2.86. The Bertz CT molecular complexity index is 411. The standard InChI is InChI=1S/C21H36O3/c1-3-4-5-6-7-8-12-19-15-18(16-20(19)22)14-17(2)11-9-10-13-21(23)24/h8,11-12,18-20,22H,3-7,9-10,13-16H2,1-2H3,(H,23,24)/b12-8+,17-11-/t18-,19?,20-/m1/s1. The van der Waals surface area contributed by atoms with Crippen molar-refractivity contribution in [2.24, 2.45) is 11.8 Å². The van der Waals surface area contributed by atoms with Crippen LogP contribution in [0.15, 0.2) is 23.8 Å². The van der Waals surface area contributed by atoms with Gasteiger partial charge in [-0.05, 0) is 57.8 Å². The lowest BCUT2D eigenvalue weighted by Gasteiger charge is -2.09. The number of hydrogen-bond acceptors (Lipinski definition) is 2. The topological polar surface area (TPSA) is 57.5 Å². The molecular weight excluding hydrogens is 300 g/mol. The van der Waals surface area contributed by atoms with Gasteiger partial charge >= 0.3 is 5.97 Å². The van der Waals surface area contributed by atoms with E-state index in [0.717, 1.165) is 32.1 Å². The van der Waals surface area contributed by atoms with Crippen LogP contribution >= 0.6 is 0 Å². The maximum Gasteiger partial charge on any atom is 0.303 e. The molecule has 0 spiro atoms. The summed E-state index contributed by atoms with van der Waals surface area (Å²) in [5.74, 6) is 0.163. The average molecular weight is 337 g/mol. The number of carboxylic acid groups (broad SMARTS) is 1. The van der Waals surface area contributed by atoms with Gasteiger partial charge in [-0.15, -0.1) is 0 Å². The Morgan fingerprint density at radius 1 is 1.12 bits per heavy atom. The fourth-order valence-electron chi connectivity index (χ4n) is 3.63. The van der Waals surface area contributed by atoms with E-state index in [2.05, 4.69) is 32.1 Å². The zero-order chi connectivity index (χ0) is 17.8. The SMILES string of the molecule is CCCCCC/C=C/C1C[C@@H](C/C(C)=C\CCCC(=O)O)C[C@H]1O. The number of rotatable bonds is 12. The molecule has 2 N–H and O–H groups in total. The first kappa shape index (κ1) is 21.0. The van der Waals surface area contributed by atoms with E-state index in [1.165, 1.54) is 31.3 Å². The zero-order valence-electron chi connectivity index (χ0n) is 15.5. The minimum Gasteiger partial charge on any atom is -0.481 e. The van der Waals surface area contributed by atoms with Crippen LogP contribution in [-0.4, -0.2) is 22.3 Å². The van der Waals surface area contributed by atoms with Gasteiger partial charge < -0.3 is 10.2 Å². The van der Waals surface area contributed by atoms with E-state index in [1.807, 2.05) is 0 Å². The summed E-state index contributed by atoms with van der Waals surface area (Å²) < 4.78 is 0. The van der Waals surface area contributed by atoms with E-state index < -0.39 is 5.97 Å². The Labute approximate surface area is 147 Å². The highest BCUT2D eigenvalue weighted by Crippen LogP contribution is 2.36. The molecule has 0 aromatic heterocycles. The van der Waals surface area contributed by atoms with Crippen molar-refractivity contribution in [1.29, 1.82) is 0 Å². The molecule has 0 saturated heterocycles. The van der Waals surface area contributed by atoms with Gasteiger partial charge in [0.1, 0.15) is 0 Å². The fraction of sp³-hybridized carbons (Fsp3) is 0.762. The van der Waals surface area contributed by atoms with Gasteiger partial charge in [-0.3, -0.25) is 4.79 Å². The summed E-state index contributed by atoms with van der Waals surface area (Å²) in [6.45, 7) is 4.36. The van der Waals surface area contributed by atoms with Crippen molar-refractivity contribution in [3.8, 4) is 0 Å². The molecule has 3 nitrogen and oxygen atoms in total. The lowest BCUT2D eigenvalue weighted by Crippen LogP contribution is -2.09. The van der Waals surface area contributed by atoms with Crippen molar-refractivity contribution < 1.29 is 15.0 Å². The molecule has 24 heavy (non-hydrogen) atoms. The minimum absolute atomic E-state index is 0.193. The number of hydrogen-bond donors (Lipinski definition) is 2. The summed E-state index contributed by atoms with van der Waals surface area (Å²) in [5, 5.41) is 18.9. The zero-order valence-corrected chi connectivity index (χ0v) is 15.5. The molecule has 0 radical (unpaired) electrons. The van der Waals surface area contributed by atoms with Crippen molar-refractivity contribution in [2.75, 3.05) is 0 Å². The summed E-state index contributed by atoms with van der Waals surface area (Å²) in [5.41, 5.74) is 1.33. The molecule has 138 valence electrons. The molecule has 1 aliphatic carbocycles. The molecule has 0 aromatic carbocycles. The molecule has 1 unspecified atom stereocenters. The Morgan fingerprint density at radius 3 is 2.62 bits per heavy atom. The lowest BCUT2D eigenvalue weighted by atomic mass is 9.96. The summed E-state index contributed by atoms with van der Waals surface area (Å²) in [4.78, 5) is 10.5. The first-order valence-electron chi connectivity index (χ1n) is 9.75. The normalized spacial score (nSPS) is 24.8. The number of allylic oxidation sites excluding steroid dienone is 3. The van der Waals surface area contributed by atoms with E-state index in [4.69, 9.17) is 5.11 Å². The maximum atomic E-state index is 10.5.